The second-order valence-corrected chi connectivity index (χ2v) is 6.72. The van der Waals surface area contributed by atoms with Gasteiger partial charge in [0.05, 0.1) is 12.1 Å². The molecule has 2 amide bonds. The lowest BCUT2D eigenvalue weighted by molar-refractivity contribution is -0.115. The first-order chi connectivity index (χ1) is 14.0. The standard InChI is InChI=1S/C24H22N2O3/c1-16-9-8-14-21(17(16)2)26-22(27)15-25-24(29)20-13-7-6-12-19(20)23(28)18-10-4-3-5-11-18/h3-14H,15H2,1-2H3,(H,25,29)(H,26,27). The Kier molecular flexibility index (Phi) is 6.19. The van der Waals surface area contributed by atoms with Crippen molar-refractivity contribution in [3.8, 4) is 0 Å². The summed E-state index contributed by atoms with van der Waals surface area (Å²) >= 11 is 0. The van der Waals surface area contributed by atoms with Crippen LogP contribution in [0.4, 0.5) is 5.69 Å². The van der Waals surface area contributed by atoms with Crippen molar-refractivity contribution in [2.45, 2.75) is 13.8 Å². The number of rotatable bonds is 6. The number of amides is 2. The average Bonchev–Trinajstić information content (AvgIpc) is 2.75. The summed E-state index contributed by atoms with van der Waals surface area (Å²) in [4.78, 5) is 37.7. The van der Waals surface area contributed by atoms with Crippen LogP contribution in [0.3, 0.4) is 0 Å². The van der Waals surface area contributed by atoms with Gasteiger partial charge in [0.2, 0.25) is 5.91 Å². The van der Waals surface area contributed by atoms with Crippen LogP contribution in [0.1, 0.15) is 37.4 Å². The molecule has 3 aromatic carbocycles. The van der Waals surface area contributed by atoms with E-state index < -0.39 is 5.91 Å². The third kappa shape index (κ3) is 4.76. The lowest BCUT2D eigenvalue weighted by Gasteiger charge is -2.12. The second kappa shape index (κ2) is 8.97. The molecule has 2 N–H and O–H groups in total. The maximum absolute atomic E-state index is 12.8. The molecule has 0 aliphatic carbocycles. The highest BCUT2D eigenvalue weighted by atomic mass is 16.2. The van der Waals surface area contributed by atoms with E-state index in [0.717, 1.165) is 11.1 Å². The van der Waals surface area contributed by atoms with Crippen LogP contribution in [0.15, 0.2) is 72.8 Å². The highest BCUT2D eigenvalue weighted by Crippen LogP contribution is 2.18. The molecule has 0 saturated heterocycles. The van der Waals surface area contributed by atoms with Gasteiger partial charge in [-0.2, -0.15) is 0 Å². The minimum Gasteiger partial charge on any atom is -0.343 e. The van der Waals surface area contributed by atoms with Gasteiger partial charge in [0.15, 0.2) is 5.78 Å². The Morgan fingerprint density at radius 3 is 2.14 bits per heavy atom. The van der Waals surface area contributed by atoms with Crippen molar-refractivity contribution in [3.05, 3.63) is 101 Å². The van der Waals surface area contributed by atoms with E-state index in [-0.39, 0.29) is 23.8 Å². The molecule has 0 spiro atoms. The number of hydrogen-bond donors (Lipinski definition) is 2. The predicted molar refractivity (Wildman–Crippen MR) is 113 cm³/mol. The van der Waals surface area contributed by atoms with Gasteiger partial charge in [-0.1, -0.05) is 60.7 Å². The van der Waals surface area contributed by atoms with E-state index >= 15 is 0 Å². The fourth-order valence-corrected chi connectivity index (χ4v) is 2.96. The number of aryl methyl sites for hydroxylation is 1. The van der Waals surface area contributed by atoms with Gasteiger partial charge in [-0.15, -0.1) is 0 Å². The number of hydrogen-bond acceptors (Lipinski definition) is 3. The van der Waals surface area contributed by atoms with E-state index in [4.69, 9.17) is 0 Å². The van der Waals surface area contributed by atoms with Crippen LogP contribution in [0.2, 0.25) is 0 Å². The first-order valence-corrected chi connectivity index (χ1v) is 9.30. The molecule has 5 nitrogen and oxygen atoms in total. The largest absolute Gasteiger partial charge is 0.343 e. The summed E-state index contributed by atoms with van der Waals surface area (Å²) in [5.74, 6) is -1.05. The number of anilines is 1. The first kappa shape index (κ1) is 20.0. The van der Waals surface area contributed by atoms with E-state index in [2.05, 4.69) is 10.6 Å². The minimum absolute atomic E-state index is 0.194. The summed E-state index contributed by atoms with van der Waals surface area (Å²) in [5, 5.41) is 5.40. The van der Waals surface area contributed by atoms with Gasteiger partial charge >= 0.3 is 0 Å². The molecule has 146 valence electrons. The normalized spacial score (nSPS) is 10.3. The molecule has 0 unspecified atom stereocenters. The lowest BCUT2D eigenvalue weighted by Crippen LogP contribution is -2.33. The van der Waals surface area contributed by atoms with Crippen LogP contribution in [0.25, 0.3) is 0 Å². The van der Waals surface area contributed by atoms with Crippen molar-refractivity contribution in [1.29, 1.82) is 0 Å². The van der Waals surface area contributed by atoms with Crippen LogP contribution in [0, 0.1) is 13.8 Å². The highest BCUT2D eigenvalue weighted by molar-refractivity contribution is 6.15. The van der Waals surface area contributed by atoms with Gasteiger partial charge in [-0.3, -0.25) is 14.4 Å². The number of carbonyl (C=O) groups excluding carboxylic acids is 3. The maximum Gasteiger partial charge on any atom is 0.252 e. The van der Waals surface area contributed by atoms with Gasteiger partial charge in [-0.05, 0) is 37.1 Å². The molecule has 0 atom stereocenters. The van der Waals surface area contributed by atoms with Crippen LogP contribution in [-0.4, -0.2) is 24.1 Å². The SMILES string of the molecule is Cc1cccc(NC(=O)CNC(=O)c2ccccc2C(=O)c2ccccc2)c1C. The third-order valence-corrected chi connectivity index (χ3v) is 4.74. The van der Waals surface area contributed by atoms with E-state index in [1.54, 1.807) is 48.5 Å². The molecule has 3 aromatic rings. The maximum atomic E-state index is 12.8. The predicted octanol–water partition coefficient (Wildman–Crippen LogP) is 3.90. The van der Waals surface area contributed by atoms with Gasteiger partial charge < -0.3 is 10.6 Å². The first-order valence-electron chi connectivity index (χ1n) is 9.30. The zero-order chi connectivity index (χ0) is 20.8. The Hall–Kier alpha value is -3.73. The monoisotopic (exact) mass is 386 g/mol. The minimum atomic E-state index is -0.471. The summed E-state index contributed by atoms with van der Waals surface area (Å²) in [6, 6.07) is 21.0. The molecule has 0 saturated carbocycles. The van der Waals surface area contributed by atoms with Gasteiger partial charge in [-0.25, -0.2) is 0 Å². The highest BCUT2D eigenvalue weighted by Gasteiger charge is 2.18. The van der Waals surface area contributed by atoms with Crippen molar-refractivity contribution in [1.82, 2.24) is 5.32 Å². The number of ketones is 1. The molecule has 0 aliphatic heterocycles. The van der Waals surface area contributed by atoms with Crippen molar-refractivity contribution < 1.29 is 14.4 Å². The zero-order valence-electron chi connectivity index (χ0n) is 16.4. The molecule has 0 heterocycles. The fourth-order valence-electron chi connectivity index (χ4n) is 2.96. The average molecular weight is 386 g/mol. The number of nitrogens with one attached hydrogen (secondary N) is 2. The second-order valence-electron chi connectivity index (χ2n) is 6.72. The topological polar surface area (TPSA) is 75.3 Å². The third-order valence-electron chi connectivity index (χ3n) is 4.74. The van der Waals surface area contributed by atoms with E-state index in [9.17, 15) is 14.4 Å². The molecular weight excluding hydrogens is 364 g/mol. The van der Waals surface area contributed by atoms with Crippen LogP contribution >= 0.6 is 0 Å². The molecule has 0 aromatic heterocycles. The molecule has 0 fully saturated rings. The number of carbonyl (C=O) groups is 3. The summed E-state index contributed by atoms with van der Waals surface area (Å²) in [6.07, 6.45) is 0. The Bertz CT molecular complexity index is 1060. The Morgan fingerprint density at radius 2 is 1.41 bits per heavy atom. The van der Waals surface area contributed by atoms with Crippen molar-refractivity contribution in [3.63, 3.8) is 0 Å². The van der Waals surface area contributed by atoms with Crippen molar-refractivity contribution >= 4 is 23.3 Å². The van der Waals surface area contributed by atoms with Crippen molar-refractivity contribution in [2.75, 3.05) is 11.9 Å². The Morgan fingerprint density at radius 1 is 0.759 bits per heavy atom. The van der Waals surface area contributed by atoms with E-state index in [0.29, 0.717) is 16.8 Å². The number of benzene rings is 3. The summed E-state index contributed by atoms with van der Waals surface area (Å²) in [6.45, 7) is 3.70. The fraction of sp³-hybridized carbons (Fsp3) is 0.125. The Balaban J connectivity index is 1.69. The summed E-state index contributed by atoms with van der Waals surface area (Å²) in [7, 11) is 0. The van der Waals surface area contributed by atoms with E-state index in [1.807, 2.05) is 38.1 Å². The van der Waals surface area contributed by atoms with Crippen LogP contribution < -0.4 is 10.6 Å². The Labute approximate surface area is 169 Å². The summed E-state index contributed by atoms with van der Waals surface area (Å²) in [5.41, 5.74) is 3.79. The quantitative estimate of drug-likeness (QED) is 0.631. The van der Waals surface area contributed by atoms with Crippen molar-refractivity contribution in [2.24, 2.45) is 0 Å². The lowest BCUT2D eigenvalue weighted by atomic mass is 9.98. The van der Waals surface area contributed by atoms with Gasteiger partial charge in [0.1, 0.15) is 0 Å². The molecule has 29 heavy (non-hydrogen) atoms. The van der Waals surface area contributed by atoms with Gasteiger partial charge in [0.25, 0.3) is 5.91 Å². The molecule has 0 aliphatic rings. The smallest absolute Gasteiger partial charge is 0.252 e. The molecule has 0 bridgehead atoms. The molecule has 3 rings (SSSR count). The summed E-state index contributed by atoms with van der Waals surface area (Å²) < 4.78 is 0. The van der Waals surface area contributed by atoms with E-state index in [1.165, 1.54) is 0 Å². The molecular formula is C24H22N2O3. The molecule has 0 radical (unpaired) electrons. The van der Waals surface area contributed by atoms with Crippen LogP contribution in [0.5, 0.6) is 0 Å². The zero-order valence-corrected chi connectivity index (χ0v) is 16.4. The van der Waals surface area contributed by atoms with Gasteiger partial charge in [0, 0.05) is 16.8 Å². The molecule has 5 heteroatoms. The van der Waals surface area contributed by atoms with Crippen LogP contribution in [-0.2, 0) is 4.79 Å².